The van der Waals surface area contributed by atoms with E-state index in [0.717, 1.165) is 25.3 Å². The molecule has 66 valence electrons. The zero-order chi connectivity index (χ0) is 8.39. The average Bonchev–Trinajstić information content (AvgIpc) is 2.77. The highest BCUT2D eigenvalue weighted by Gasteiger charge is 2.26. The van der Waals surface area contributed by atoms with Gasteiger partial charge in [-0.15, -0.1) is 11.8 Å². The third kappa shape index (κ3) is 1.49. The summed E-state index contributed by atoms with van der Waals surface area (Å²) in [5.41, 5.74) is 0. The van der Waals surface area contributed by atoms with Crippen molar-refractivity contribution in [1.29, 1.82) is 0 Å². The van der Waals surface area contributed by atoms with Crippen molar-refractivity contribution in [2.45, 2.75) is 18.9 Å². The van der Waals surface area contributed by atoms with Gasteiger partial charge in [0.15, 0.2) is 0 Å². The van der Waals surface area contributed by atoms with Gasteiger partial charge in [0.25, 0.3) is 0 Å². The highest BCUT2D eigenvalue weighted by atomic mass is 32.2. The van der Waals surface area contributed by atoms with Gasteiger partial charge >= 0.3 is 0 Å². The minimum atomic E-state index is 0.0772. The van der Waals surface area contributed by atoms with E-state index in [9.17, 15) is 4.79 Å². The molecule has 2 rings (SSSR count). The van der Waals surface area contributed by atoms with E-state index in [2.05, 4.69) is 5.32 Å². The second-order valence-electron chi connectivity index (χ2n) is 3.04. The van der Waals surface area contributed by atoms with Crippen molar-refractivity contribution in [3.8, 4) is 0 Å². The lowest BCUT2D eigenvalue weighted by Gasteiger charge is -2.17. The highest BCUT2D eigenvalue weighted by Crippen LogP contribution is 2.18. The van der Waals surface area contributed by atoms with Crippen molar-refractivity contribution in [3.63, 3.8) is 0 Å². The molecule has 1 amide bonds. The van der Waals surface area contributed by atoms with Gasteiger partial charge in [0, 0.05) is 6.20 Å². The number of thioether (sulfide) groups is 1. The molecule has 12 heavy (non-hydrogen) atoms. The van der Waals surface area contributed by atoms with Crippen molar-refractivity contribution in [3.05, 3.63) is 11.6 Å². The standard InChI is InChI=1S/C8H12N2OS/c11-8(7-2-1-3-9-7)10-4-5-12-6-10/h4-5,7,9H,1-3,6H2/t7-/m0/s1. The van der Waals surface area contributed by atoms with E-state index >= 15 is 0 Å². The van der Waals surface area contributed by atoms with Gasteiger partial charge in [-0.1, -0.05) is 0 Å². The Kier molecular flexibility index (Phi) is 2.37. The van der Waals surface area contributed by atoms with E-state index in [1.807, 2.05) is 11.6 Å². The van der Waals surface area contributed by atoms with Crippen molar-refractivity contribution >= 4 is 17.7 Å². The van der Waals surface area contributed by atoms with Gasteiger partial charge in [-0.05, 0) is 24.8 Å². The topological polar surface area (TPSA) is 32.3 Å². The minimum Gasteiger partial charge on any atom is -0.307 e. The van der Waals surface area contributed by atoms with Gasteiger partial charge in [0.2, 0.25) is 5.91 Å². The van der Waals surface area contributed by atoms with E-state index in [1.165, 1.54) is 0 Å². The first-order chi connectivity index (χ1) is 5.88. The molecule has 0 aromatic carbocycles. The van der Waals surface area contributed by atoms with Crippen LogP contribution in [0.2, 0.25) is 0 Å². The monoisotopic (exact) mass is 184 g/mol. The molecule has 4 heteroatoms. The number of hydrogen-bond acceptors (Lipinski definition) is 3. The molecule has 0 radical (unpaired) electrons. The average molecular weight is 184 g/mol. The molecule has 1 atom stereocenters. The van der Waals surface area contributed by atoms with Crippen molar-refractivity contribution in [1.82, 2.24) is 10.2 Å². The normalized spacial score (nSPS) is 28.3. The lowest BCUT2D eigenvalue weighted by atomic mass is 10.2. The Morgan fingerprint density at radius 2 is 2.58 bits per heavy atom. The molecule has 2 heterocycles. The van der Waals surface area contributed by atoms with Crippen LogP contribution in [0.3, 0.4) is 0 Å². The summed E-state index contributed by atoms with van der Waals surface area (Å²) in [6.07, 6.45) is 3.99. The van der Waals surface area contributed by atoms with Crippen molar-refractivity contribution in [2.24, 2.45) is 0 Å². The summed E-state index contributed by atoms with van der Waals surface area (Å²) < 4.78 is 0. The number of amides is 1. The lowest BCUT2D eigenvalue weighted by molar-refractivity contribution is -0.129. The molecule has 0 aliphatic carbocycles. The van der Waals surface area contributed by atoms with E-state index < -0.39 is 0 Å². The summed E-state index contributed by atoms with van der Waals surface area (Å²) >= 11 is 1.67. The SMILES string of the molecule is O=C([C@@H]1CCCN1)N1C=CSC1. The number of carbonyl (C=O) groups is 1. The summed E-state index contributed by atoms with van der Waals surface area (Å²) in [6.45, 7) is 0.987. The molecule has 0 saturated carbocycles. The Morgan fingerprint density at radius 1 is 1.67 bits per heavy atom. The molecular formula is C8H12N2OS. The number of nitrogens with zero attached hydrogens (tertiary/aromatic N) is 1. The quantitative estimate of drug-likeness (QED) is 0.652. The van der Waals surface area contributed by atoms with Crippen LogP contribution in [-0.2, 0) is 4.79 Å². The van der Waals surface area contributed by atoms with Gasteiger partial charge in [-0.2, -0.15) is 0 Å². The molecule has 2 aliphatic heterocycles. The van der Waals surface area contributed by atoms with E-state index in [4.69, 9.17) is 0 Å². The zero-order valence-corrected chi connectivity index (χ0v) is 7.64. The molecule has 1 saturated heterocycles. The predicted octanol–water partition coefficient (Wildman–Crippen LogP) is 0.743. The fraction of sp³-hybridized carbons (Fsp3) is 0.625. The van der Waals surface area contributed by atoms with Crippen LogP contribution in [0.1, 0.15) is 12.8 Å². The number of nitrogens with one attached hydrogen (secondary N) is 1. The Balaban J connectivity index is 1.94. The van der Waals surface area contributed by atoms with Gasteiger partial charge in [0.05, 0.1) is 11.9 Å². The maximum atomic E-state index is 11.6. The predicted molar refractivity (Wildman–Crippen MR) is 49.5 cm³/mol. The van der Waals surface area contributed by atoms with Crippen molar-refractivity contribution in [2.75, 3.05) is 12.4 Å². The Bertz CT molecular complexity index is 211. The summed E-state index contributed by atoms with van der Waals surface area (Å²) in [5, 5.41) is 5.16. The highest BCUT2D eigenvalue weighted by molar-refractivity contribution is 8.02. The van der Waals surface area contributed by atoms with Crippen LogP contribution in [0.15, 0.2) is 11.6 Å². The third-order valence-corrected chi connectivity index (χ3v) is 2.93. The van der Waals surface area contributed by atoms with Crippen molar-refractivity contribution < 1.29 is 4.79 Å². The molecule has 2 aliphatic rings. The van der Waals surface area contributed by atoms with E-state index in [-0.39, 0.29) is 11.9 Å². The maximum Gasteiger partial charge on any atom is 0.244 e. The first-order valence-electron chi connectivity index (χ1n) is 4.20. The van der Waals surface area contributed by atoms with Crippen LogP contribution in [0.5, 0.6) is 0 Å². The number of hydrogen-bond donors (Lipinski definition) is 1. The summed E-state index contributed by atoms with van der Waals surface area (Å²) in [5.74, 6) is 1.02. The van der Waals surface area contributed by atoms with Crippen LogP contribution < -0.4 is 5.32 Å². The molecule has 0 unspecified atom stereocenters. The Hall–Kier alpha value is -0.480. The Morgan fingerprint density at radius 3 is 3.17 bits per heavy atom. The first-order valence-corrected chi connectivity index (χ1v) is 5.25. The minimum absolute atomic E-state index is 0.0772. The lowest BCUT2D eigenvalue weighted by Crippen LogP contribution is -2.39. The van der Waals surface area contributed by atoms with Gasteiger partial charge in [-0.25, -0.2) is 0 Å². The number of carbonyl (C=O) groups excluding carboxylic acids is 1. The van der Waals surface area contributed by atoms with Crippen LogP contribution >= 0.6 is 11.8 Å². The smallest absolute Gasteiger partial charge is 0.244 e. The molecular weight excluding hydrogens is 172 g/mol. The Labute approximate surface area is 76.2 Å². The van der Waals surface area contributed by atoms with E-state index in [0.29, 0.717) is 0 Å². The molecule has 0 aromatic rings. The van der Waals surface area contributed by atoms with Crippen LogP contribution in [0, 0.1) is 0 Å². The van der Waals surface area contributed by atoms with Gasteiger partial charge in [0.1, 0.15) is 0 Å². The van der Waals surface area contributed by atoms with Crippen LogP contribution in [0.4, 0.5) is 0 Å². The molecule has 1 fully saturated rings. The fourth-order valence-electron chi connectivity index (χ4n) is 1.52. The molecule has 0 spiro atoms. The zero-order valence-electron chi connectivity index (χ0n) is 6.82. The molecule has 3 nitrogen and oxygen atoms in total. The largest absolute Gasteiger partial charge is 0.307 e. The van der Waals surface area contributed by atoms with Crippen LogP contribution in [0.25, 0.3) is 0 Å². The summed E-state index contributed by atoms with van der Waals surface area (Å²) in [4.78, 5) is 13.4. The van der Waals surface area contributed by atoms with Gasteiger partial charge in [-0.3, -0.25) is 4.79 Å². The first kappa shape index (κ1) is 8.13. The van der Waals surface area contributed by atoms with Gasteiger partial charge < -0.3 is 10.2 Å². The second kappa shape index (κ2) is 3.49. The third-order valence-electron chi connectivity index (χ3n) is 2.19. The second-order valence-corrected chi connectivity index (χ2v) is 3.90. The van der Waals surface area contributed by atoms with E-state index in [1.54, 1.807) is 16.7 Å². The van der Waals surface area contributed by atoms with Crippen LogP contribution in [-0.4, -0.2) is 29.3 Å². The molecule has 0 bridgehead atoms. The number of rotatable bonds is 1. The summed E-state index contributed by atoms with van der Waals surface area (Å²) in [6, 6.07) is 0.0772. The molecule has 0 aromatic heterocycles. The maximum absolute atomic E-state index is 11.6. The summed E-state index contributed by atoms with van der Waals surface area (Å²) in [7, 11) is 0. The molecule has 1 N–H and O–H groups in total. The fourth-order valence-corrected chi connectivity index (χ4v) is 2.21.